The lowest BCUT2D eigenvalue weighted by Crippen LogP contribution is -2.50. The SMILES string of the molecule is C#C[C@H]1CC(F)(F)CN1C(=O)CNC(=O)c1ccnc2ccc(OCCCCC3CCN(C(=O)CCCCCC(=O)N/N=C\C(C/C=N/NCN/N=C/c4ccc(I)cc4)NC(=O)CN4CCN(COC=O)CCN(COC=O)CCN(CC(=O)O)CC4)CC3)cc12. The van der Waals surface area contributed by atoms with Crippen molar-refractivity contribution in [1.82, 2.24) is 61.3 Å². The van der Waals surface area contributed by atoms with Crippen LogP contribution in [0.15, 0.2) is 70.0 Å². The van der Waals surface area contributed by atoms with Crippen molar-refractivity contribution in [2.75, 3.05) is 118 Å². The number of aromatic nitrogens is 1. The molecule has 30 heteroatoms. The summed E-state index contributed by atoms with van der Waals surface area (Å²) in [4.78, 5) is 114. The highest BCUT2D eigenvalue weighted by molar-refractivity contribution is 14.1. The number of unbranched alkanes of at least 4 members (excludes halogenated alkanes) is 3. The smallest absolute Gasteiger partial charge is 0.317 e. The van der Waals surface area contributed by atoms with E-state index in [0.29, 0.717) is 133 Å². The Labute approximate surface area is 547 Å². The number of carbonyl (C=O) groups excluding carboxylic acids is 7. The Balaban J connectivity index is 0.895. The maximum Gasteiger partial charge on any atom is 0.317 e. The summed E-state index contributed by atoms with van der Waals surface area (Å²) in [5.41, 5.74) is 9.97. The fraction of sp³-hybridized carbons (Fsp3) is 0.548. The molecule has 4 heterocycles. The van der Waals surface area contributed by atoms with Crippen molar-refractivity contribution in [3.63, 3.8) is 0 Å². The van der Waals surface area contributed by atoms with E-state index in [0.717, 1.165) is 46.1 Å². The number of hydrogen-bond donors (Lipinski definition) is 6. The van der Waals surface area contributed by atoms with Gasteiger partial charge in [0.2, 0.25) is 23.6 Å². The Morgan fingerprint density at radius 2 is 1.45 bits per heavy atom. The van der Waals surface area contributed by atoms with Crippen LogP contribution < -0.4 is 31.6 Å². The number of terminal acetylenes is 1. The fourth-order valence-corrected chi connectivity index (χ4v) is 11.0. The molecule has 0 radical (unpaired) electrons. The van der Waals surface area contributed by atoms with Crippen molar-refractivity contribution in [1.29, 1.82) is 0 Å². The number of hydrogen-bond acceptors (Lipinski definition) is 21. The van der Waals surface area contributed by atoms with Crippen molar-refractivity contribution in [2.24, 2.45) is 21.2 Å². The molecule has 3 aromatic rings. The number of nitrogens with zero attached hydrogens (tertiary/aromatic N) is 10. The molecule has 27 nitrogen and oxygen atoms in total. The van der Waals surface area contributed by atoms with E-state index in [1.165, 1.54) is 18.5 Å². The zero-order chi connectivity index (χ0) is 65.9. The fourth-order valence-electron chi connectivity index (χ4n) is 10.6. The number of alkyl halides is 2. The highest BCUT2D eigenvalue weighted by Crippen LogP contribution is 2.32. The van der Waals surface area contributed by atoms with Gasteiger partial charge in [0.15, 0.2) is 0 Å². The first-order valence-electron chi connectivity index (χ1n) is 30.8. The number of carbonyl (C=O) groups is 8. The van der Waals surface area contributed by atoms with Gasteiger partial charge in [-0.2, -0.15) is 15.3 Å². The Morgan fingerprint density at radius 1 is 0.783 bits per heavy atom. The summed E-state index contributed by atoms with van der Waals surface area (Å²) in [6.07, 6.45) is 18.0. The van der Waals surface area contributed by atoms with Gasteiger partial charge in [-0.1, -0.05) is 30.9 Å². The standard InChI is InChI=1S/C62H84F2IN15O12/c1-2-51-35-62(63,64)41-80(51)59(86)38-67-61(89)53-18-21-66-55-16-15-52(34-54(53)55)92-33-7-6-8-47-19-23-79(24-20-47)58(85)10-5-3-4-9-56(83)74-70-37-50(17-22-68-71-42-72-69-36-48-11-13-49(65)14-12-48)73-57(84)39-75-25-26-76(40-60(87)88)28-30-78(44-91-46-82)32-31-77(29-27-75)43-90-45-81/h1,11-16,18,21-22,34,36-37,45-47,50-51,71-72H,3-10,17,19-20,23-33,35,38-44H2,(H,67,89)(H,73,84)(H,74,83)(H,87,88)/b68-22+,69-36+,70-37-/t50?,51-/m0/s1. The highest BCUT2D eigenvalue weighted by Gasteiger charge is 2.46. The minimum atomic E-state index is -3.09. The molecule has 92 heavy (non-hydrogen) atoms. The van der Waals surface area contributed by atoms with Gasteiger partial charge in [0, 0.05) is 119 Å². The van der Waals surface area contributed by atoms with Crippen LogP contribution in [-0.4, -0.2) is 243 Å². The van der Waals surface area contributed by atoms with E-state index in [1.807, 2.05) is 43.9 Å². The molecule has 0 spiro atoms. The number of benzene rings is 2. The zero-order valence-corrected chi connectivity index (χ0v) is 53.8. The zero-order valence-electron chi connectivity index (χ0n) is 51.6. The molecule has 3 saturated heterocycles. The van der Waals surface area contributed by atoms with Crippen LogP contribution >= 0.6 is 22.6 Å². The van der Waals surface area contributed by atoms with Crippen LogP contribution in [0.1, 0.15) is 93.0 Å². The molecule has 500 valence electrons. The molecule has 3 aliphatic heterocycles. The van der Waals surface area contributed by atoms with Crippen LogP contribution in [0, 0.1) is 21.8 Å². The first-order chi connectivity index (χ1) is 44.5. The van der Waals surface area contributed by atoms with Crippen LogP contribution in [0.4, 0.5) is 8.78 Å². The van der Waals surface area contributed by atoms with Crippen LogP contribution in [0.3, 0.4) is 0 Å². The number of likely N-dealkylation sites (tertiary alicyclic amines) is 2. The molecule has 3 fully saturated rings. The topological polar surface area (TPSA) is 314 Å². The first kappa shape index (κ1) is 73.1. The number of carboxylic acids is 1. The highest BCUT2D eigenvalue weighted by atomic mass is 127. The van der Waals surface area contributed by atoms with Crippen molar-refractivity contribution in [3.8, 4) is 18.1 Å². The Bertz CT molecular complexity index is 3010. The van der Waals surface area contributed by atoms with Gasteiger partial charge in [0.25, 0.3) is 24.8 Å². The summed E-state index contributed by atoms with van der Waals surface area (Å²) in [7, 11) is 0. The maximum absolute atomic E-state index is 13.9. The van der Waals surface area contributed by atoms with Gasteiger partial charge in [0.1, 0.15) is 25.9 Å². The number of carboxylic acid groups (broad SMARTS) is 1. The van der Waals surface area contributed by atoms with Crippen molar-refractivity contribution in [2.45, 2.75) is 95.1 Å². The van der Waals surface area contributed by atoms with E-state index in [-0.39, 0.29) is 69.3 Å². The summed E-state index contributed by atoms with van der Waals surface area (Å²) in [5, 5.41) is 28.3. The first-order valence-corrected chi connectivity index (χ1v) is 31.9. The molecule has 3 aliphatic rings. The molecule has 6 rings (SSSR count). The van der Waals surface area contributed by atoms with Crippen LogP contribution in [-0.2, 0) is 43.0 Å². The molecular formula is C62H84F2IN15O12. The molecule has 0 aliphatic carbocycles. The van der Waals surface area contributed by atoms with Crippen LogP contribution in [0.5, 0.6) is 5.75 Å². The molecule has 5 amide bonds. The average Bonchev–Trinajstić information content (AvgIpc) is 1.22. The summed E-state index contributed by atoms with van der Waals surface area (Å²) >= 11 is 2.23. The largest absolute Gasteiger partial charge is 0.494 e. The molecular weight excluding hydrogens is 1310 g/mol. The van der Waals surface area contributed by atoms with Gasteiger partial charge in [-0.15, -0.1) is 6.42 Å². The van der Waals surface area contributed by atoms with Crippen molar-refractivity contribution < 1.29 is 66.5 Å². The minimum absolute atomic E-state index is 0.000698. The average molecular weight is 1400 g/mol. The number of aliphatic carboxylic acids is 1. The summed E-state index contributed by atoms with van der Waals surface area (Å²) in [5.74, 6) is -2.72. The van der Waals surface area contributed by atoms with E-state index < -0.39 is 55.3 Å². The molecule has 1 unspecified atom stereocenters. The maximum atomic E-state index is 13.9. The number of piperidine rings is 1. The lowest BCUT2D eigenvalue weighted by atomic mass is 9.91. The van der Waals surface area contributed by atoms with E-state index in [4.69, 9.17) is 20.6 Å². The predicted octanol–water partition coefficient (Wildman–Crippen LogP) is 2.88. The summed E-state index contributed by atoms with van der Waals surface area (Å²) in [6.45, 7) is 3.99. The van der Waals surface area contributed by atoms with Gasteiger partial charge < -0.3 is 39.8 Å². The monoisotopic (exact) mass is 1400 g/mol. The Kier molecular flexibility index (Phi) is 31.8. The molecule has 1 aromatic heterocycles. The number of fused-ring (bicyclic) bond motifs is 1. The van der Waals surface area contributed by atoms with E-state index in [1.54, 1.807) is 35.5 Å². The molecule has 6 N–H and O–H groups in total. The Morgan fingerprint density at radius 3 is 2.12 bits per heavy atom. The summed E-state index contributed by atoms with van der Waals surface area (Å²) < 4.78 is 45.1. The van der Waals surface area contributed by atoms with Gasteiger partial charge in [0.05, 0.1) is 62.2 Å². The number of amides is 5. The number of hydrazone groups is 3. The second kappa shape index (κ2) is 40.1. The predicted molar refractivity (Wildman–Crippen MR) is 347 cm³/mol. The lowest BCUT2D eigenvalue weighted by molar-refractivity contribution is -0.139. The lowest BCUT2D eigenvalue weighted by Gasteiger charge is -2.33. The quantitative estimate of drug-likeness (QED) is 0.00938. The third-order valence-electron chi connectivity index (χ3n) is 15.6. The van der Waals surface area contributed by atoms with Crippen LogP contribution in [0.25, 0.3) is 10.9 Å². The summed E-state index contributed by atoms with van der Waals surface area (Å²) in [6, 6.07) is 12.8. The number of halogens is 3. The van der Waals surface area contributed by atoms with Gasteiger partial charge in [-0.25, -0.2) is 14.2 Å². The third kappa shape index (κ3) is 27.1. The van der Waals surface area contributed by atoms with E-state index >= 15 is 0 Å². The number of ether oxygens (including phenoxy) is 3. The molecule has 0 bridgehead atoms. The van der Waals surface area contributed by atoms with Gasteiger partial charge in [-0.05, 0) is 109 Å². The minimum Gasteiger partial charge on any atom is -0.494 e. The second-order valence-electron chi connectivity index (χ2n) is 22.5. The van der Waals surface area contributed by atoms with Gasteiger partial charge in [-0.3, -0.25) is 73.8 Å². The molecule has 2 atom stereocenters. The van der Waals surface area contributed by atoms with Crippen molar-refractivity contribution >= 4 is 101 Å². The number of pyridine rings is 1. The number of nitrogens with one attached hydrogen (secondary N) is 5. The van der Waals surface area contributed by atoms with E-state index in [9.17, 15) is 52.2 Å². The van der Waals surface area contributed by atoms with Gasteiger partial charge >= 0.3 is 5.97 Å². The Hall–Kier alpha value is -7.99. The van der Waals surface area contributed by atoms with E-state index in [2.05, 4.69) is 75.7 Å². The third-order valence-corrected chi connectivity index (χ3v) is 16.4. The normalized spacial score (nSPS) is 17.7. The van der Waals surface area contributed by atoms with Crippen molar-refractivity contribution in [3.05, 3.63) is 69.4 Å². The molecule has 0 saturated carbocycles. The van der Waals surface area contributed by atoms with Crippen LogP contribution in [0.2, 0.25) is 0 Å². The number of rotatable bonds is 35. The molecule has 2 aromatic carbocycles. The second-order valence-corrected chi connectivity index (χ2v) is 23.8.